The van der Waals surface area contributed by atoms with Gasteiger partial charge in [0.1, 0.15) is 0 Å². The Balaban J connectivity index is 2.67. The number of fused-ring (bicyclic) bond motifs is 1. The molecule has 0 atom stereocenters. The largest absolute Gasteiger partial charge is 0.257 e. The predicted molar refractivity (Wildman–Crippen MR) is 81.8 cm³/mol. The highest BCUT2D eigenvalue weighted by molar-refractivity contribution is 7.19. The number of nitrogens with zero attached hydrogens (tertiary/aromatic N) is 1. The van der Waals surface area contributed by atoms with Crippen molar-refractivity contribution in [2.45, 2.75) is 59.3 Å². The Bertz CT molecular complexity index is 579. The molecule has 2 heterocycles. The van der Waals surface area contributed by atoms with Crippen molar-refractivity contribution in [1.29, 1.82) is 0 Å². The first-order valence-corrected chi connectivity index (χ1v) is 7.33. The first-order chi connectivity index (χ1) is 8.09. The highest BCUT2D eigenvalue weighted by Crippen LogP contribution is 2.36. The van der Waals surface area contributed by atoms with Crippen LogP contribution in [-0.2, 0) is 10.8 Å². The molecule has 98 valence electrons. The molecule has 2 heteroatoms. The zero-order valence-electron chi connectivity index (χ0n) is 12.5. The van der Waals surface area contributed by atoms with Crippen LogP contribution in [0.4, 0.5) is 0 Å². The molecule has 0 fully saturated rings. The van der Waals surface area contributed by atoms with Crippen LogP contribution in [0.15, 0.2) is 12.1 Å². The smallest absolute Gasteiger partial charge is 0.0474 e. The summed E-state index contributed by atoms with van der Waals surface area (Å²) in [6.07, 6.45) is 0. The molecule has 0 unspecified atom stereocenters. The summed E-state index contributed by atoms with van der Waals surface area (Å²) < 4.78 is 1.37. The third kappa shape index (κ3) is 2.44. The van der Waals surface area contributed by atoms with E-state index in [1.54, 1.807) is 0 Å². The monoisotopic (exact) mass is 261 g/mol. The van der Waals surface area contributed by atoms with Gasteiger partial charge < -0.3 is 0 Å². The lowest BCUT2D eigenvalue weighted by Crippen LogP contribution is -2.13. The lowest BCUT2D eigenvalue weighted by molar-refractivity contribution is 0.568. The fraction of sp³-hybridized carbons (Fsp3) is 0.562. The molecule has 0 saturated heterocycles. The van der Waals surface area contributed by atoms with Gasteiger partial charge in [0.05, 0.1) is 0 Å². The molecule has 0 radical (unpaired) electrons. The van der Waals surface area contributed by atoms with Crippen LogP contribution in [-0.4, -0.2) is 4.98 Å². The summed E-state index contributed by atoms with van der Waals surface area (Å²) >= 11 is 1.91. The Labute approximate surface area is 114 Å². The van der Waals surface area contributed by atoms with E-state index < -0.39 is 0 Å². The number of hydrogen-bond donors (Lipinski definition) is 0. The van der Waals surface area contributed by atoms with Gasteiger partial charge in [-0.25, -0.2) is 0 Å². The first kappa shape index (κ1) is 13.5. The Morgan fingerprint density at radius 1 is 0.944 bits per heavy atom. The molecule has 1 nitrogen and oxygen atoms in total. The topological polar surface area (TPSA) is 12.9 Å². The van der Waals surface area contributed by atoms with Gasteiger partial charge in [-0.1, -0.05) is 41.5 Å². The number of thiophene rings is 1. The van der Waals surface area contributed by atoms with Gasteiger partial charge in [0.25, 0.3) is 0 Å². The molecule has 2 aromatic rings. The molecule has 0 amide bonds. The quantitative estimate of drug-likeness (QED) is 0.635. The number of pyridine rings is 1. The minimum Gasteiger partial charge on any atom is -0.257 e. The molecule has 0 aliphatic rings. The number of aryl methyl sites for hydroxylation is 1. The lowest BCUT2D eigenvalue weighted by atomic mass is 9.91. The molecule has 0 spiro atoms. The van der Waals surface area contributed by atoms with Gasteiger partial charge in [0.15, 0.2) is 0 Å². The summed E-state index contributed by atoms with van der Waals surface area (Å²) in [5.41, 5.74) is 2.68. The number of rotatable bonds is 0. The maximum absolute atomic E-state index is 4.77. The van der Waals surface area contributed by atoms with E-state index in [0.29, 0.717) is 0 Å². The van der Waals surface area contributed by atoms with Crippen LogP contribution < -0.4 is 0 Å². The molecule has 2 rings (SSSR count). The standard InChI is InChI=1S/C16H23NS/c1-10-11-8-14(16(5,6)7)18-12(11)9-13(17-10)15(2,3)4/h8-9H,1-7H3. The molecule has 0 N–H and O–H groups in total. The number of aromatic nitrogens is 1. The van der Waals surface area contributed by atoms with E-state index in [1.807, 2.05) is 11.3 Å². The van der Waals surface area contributed by atoms with Crippen molar-refractivity contribution in [1.82, 2.24) is 4.98 Å². The van der Waals surface area contributed by atoms with Crippen LogP contribution in [0.25, 0.3) is 10.1 Å². The van der Waals surface area contributed by atoms with Gasteiger partial charge in [-0.05, 0) is 24.5 Å². The van der Waals surface area contributed by atoms with Crippen LogP contribution in [0, 0.1) is 6.92 Å². The van der Waals surface area contributed by atoms with Crippen molar-refractivity contribution < 1.29 is 0 Å². The van der Waals surface area contributed by atoms with Crippen LogP contribution in [0.2, 0.25) is 0 Å². The van der Waals surface area contributed by atoms with Gasteiger partial charge in [-0.15, -0.1) is 11.3 Å². The minimum absolute atomic E-state index is 0.116. The summed E-state index contributed by atoms with van der Waals surface area (Å²) in [4.78, 5) is 6.21. The van der Waals surface area contributed by atoms with E-state index >= 15 is 0 Å². The van der Waals surface area contributed by atoms with E-state index in [1.165, 1.54) is 20.7 Å². The van der Waals surface area contributed by atoms with Crippen molar-refractivity contribution >= 4 is 21.4 Å². The van der Waals surface area contributed by atoms with Crippen molar-refractivity contribution in [2.24, 2.45) is 0 Å². The van der Waals surface area contributed by atoms with Gasteiger partial charge in [-0.2, -0.15) is 0 Å². The summed E-state index contributed by atoms with van der Waals surface area (Å²) in [5, 5.41) is 1.32. The fourth-order valence-corrected chi connectivity index (χ4v) is 3.15. The Morgan fingerprint density at radius 3 is 2.06 bits per heavy atom. The molecule has 0 aliphatic heterocycles. The molecule has 0 aliphatic carbocycles. The SMILES string of the molecule is Cc1nc(C(C)(C)C)cc2sc(C(C)(C)C)cc12. The normalized spacial score (nSPS) is 13.3. The second kappa shape index (κ2) is 4.06. The van der Waals surface area contributed by atoms with Gasteiger partial charge in [-0.3, -0.25) is 4.98 Å². The highest BCUT2D eigenvalue weighted by Gasteiger charge is 2.21. The lowest BCUT2D eigenvalue weighted by Gasteiger charge is -2.18. The average Bonchev–Trinajstić information content (AvgIpc) is 2.59. The summed E-state index contributed by atoms with van der Waals surface area (Å²) in [6, 6.07) is 4.58. The average molecular weight is 261 g/mol. The molecular formula is C16H23NS. The molecule has 0 saturated carbocycles. The third-order valence-electron chi connectivity index (χ3n) is 3.21. The van der Waals surface area contributed by atoms with E-state index in [4.69, 9.17) is 4.98 Å². The van der Waals surface area contributed by atoms with Crippen molar-refractivity contribution in [3.63, 3.8) is 0 Å². The summed E-state index contributed by atoms with van der Waals surface area (Å²) in [7, 11) is 0. The van der Waals surface area contributed by atoms with Crippen LogP contribution >= 0.6 is 11.3 Å². The van der Waals surface area contributed by atoms with Crippen molar-refractivity contribution in [2.75, 3.05) is 0 Å². The Morgan fingerprint density at radius 2 is 1.56 bits per heavy atom. The van der Waals surface area contributed by atoms with Crippen LogP contribution in [0.1, 0.15) is 57.8 Å². The van der Waals surface area contributed by atoms with Crippen molar-refractivity contribution in [3.05, 3.63) is 28.4 Å². The zero-order chi connectivity index (χ0) is 13.7. The fourth-order valence-electron chi connectivity index (χ4n) is 1.95. The van der Waals surface area contributed by atoms with E-state index in [2.05, 4.69) is 60.6 Å². The molecular weight excluding hydrogens is 238 g/mol. The molecule has 18 heavy (non-hydrogen) atoms. The Hall–Kier alpha value is -0.890. The van der Waals surface area contributed by atoms with E-state index in [9.17, 15) is 0 Å². The van der Waals surface area contributed by atoms with E-state index in [0.717, 1.165) is 5.69 Å². The second-order valence-corrected chi connectivity index (χ2v) is 8.20. The molecule has 0 bridgehead atoms. The minimum atomic E-state index is 0.116. The summed E-state index contributed by atoms with van der Waals surface area (Å²) in [5.74, 6) is 0. The van der Waals surface area contributed by atoms with Crippen molar-refractivity contribution in [3.8, 4) is 0 Å². The maximum atomic E-state index is 4.77. The predicted octanol–water partition coefficient (Wildman–Crippen LogP) is 5.20. The molecule has 2 aromatic heterocycles. The van der Waals surface area contributed by atoms with E-state index in [-0.39, 0.29) is 10.8 Å². The van der Waals surface area contributed by atoms with Gasteiger partial charge in [0, 0.05) is 31.8 Å². The number of hydrogen-bond acceptors (Lipinski definition) is 2. The Kier molecular flexibility index (Phi) is 3.05. The zero-order valence-corrected chi connectivity index (χ0v) is 13.3. The summed E-state index contributed by atoms with van der Waals surface area (Å²) in [6.45, 7) is 15.6. The third-order valence-corrected chi connectivity index (χ3v) is 4.72. The highest BCUT2D eigenvalue weighted by atomic mass is 32.1. The van der Waals surface area contributed by atoms with Gasteiger partial charge >= 0.3 is 0 Å². The van der Waals surface area contributed by atoms with Crippen LogP contribution in [0.3, 0.4) is 0 Å². The maximum Gasteiger partial charge on any atom is 0.0474 e. The second-order valence-electron chi connectivity index (χ2n) is 7.12. The van der Waals surface area contributed by atoms with Gasteiger partial charge in [0.2, 0.25) is 0 Å². The first-order valence-electron chi connectivity index (χ1n) is 6.51. The van der Waals surface area contributed by atoms with Crippen LogP contribution in [0.5, 0.6) is 0 Å². The molecule has 0 aromatic carbocycles.